The smallest absolute Gasteiger partial charge is 0.235 e. The van der Waals surface area contributed by atoms with Gasteiger partial charge in [-0.1, -0.05) is 48.9 Å². The van der Waals surface area contributed by atoms with Gasteiger partial charge in [0.25, 0.3) is 0 Å². The van der Waals surface area contributed by atoms with Crippen molar-refractivity contribution in [3.63, 3.8) is 0 Å². The Morgan fingerprint density at radius 2 is 2.12 bits per heavy atom. The molecule has 0 aliphatic heterocycles. The molecule has 1 aromatic carbocycles. The van der Waals surface area contributed by atoms with E-state index in [1.807, 2.05) is 24.3 Å². The lowest BCUT2D eigenvalue weighted by Gasteiger charge is -2.04. The summed E-state index contributed by atoms with van der Waals surface area (Å²) in [6.07, 6.45) is 0.933. The molecular weight excluding hydrogens is 372 g/mol. The molecule has 4 rings (SSSR count). The second-order valence-electron chi connectivity index (χ2n) is 6.31. The summed E-state index contributed by atoms with van der Waals surface area (Å²) in [5.74, 6) is 1.80. The lowest BCUT2D eigenvalue weighted by molar-refractivity contribution is 0.304. The molecule has 134 valence electrons. The van der Waals surface area contributed by atoms with Crippen molar-refractivity contribution in [2.75, 3.05) is 0 Å². The van der Waals surface area contributed by atoms with Crippen LogP contribution in [0.25, 0.3) is 16.5 Å². The highest BCUT2D eigenvalue weighted by atomic mass is 35.5. The highest BCUT2D eigenvalue weighted by molar-refractivity contribution is 7.16. The first-order valence-electron chi connectivity index (χ1n) is 8.23. The maximum absolute atomic E-state index is 6.11. The topological polar surface area (TPSA) is 81.0 Å². The summed E-state index contributed by atoms with van der Waals surface area (Å²) in [6.45, 7) is 4.65. The third-order valence-corrected chi connectivity index (χ3v) is 4.89. The van der Waals surface area contributed by atoms with Gasteiger partial charge in [-0.05, 0) is 30.5 Å². The molecule has 0 fully saturated rings. The van der Waals surface area contributed by atoms with Gasteiger partial charge in [-0.2, -0.15) is 14.7 Å². The Morgan fingerprint density at radius 3 is 2.92 bits per heavy atom. The van der Waals surface area contributed by atoms with Gasteiger partial charge in [0.2, 0.25) is 10.8 Å². The minimum Gasteiger partial charge on any atom is -0.485 e. The maximum atomic E-state index is 6.11. The van der Waals surface area contributed by atoms with Crippen LogP contribution in [0.15, 0.2) is 30.3 Å². The largest absolute Gasteiger partial charge is 0.485 e. The fourth-order valence-corrected chi connectivity index (χ4v) is 3.53. The summed E-state index contributed by atoms with van der Waals surface area (Å²) in [6, 6.07) is 9.36. The molecule has 26 heavy (non-hydrogen) atoms. The summed E-state index contributed by atoms with van der Waals surface area (Å²) >= 11 is 7.54. The van der Waals surface area contributed by atoms with Crippen LogP contribution in [0, 0.1) is 5.92 Å². The summed E-state index contributed by atoms with van der Waals surface area (Å²) < 4.78 is 7.45. The summed E-state index contributed by atoms with van der Waals surface area (Å²) in [4.78, 5) is 0.700. The van der Waals surface area contributed by atoms with Gasteiger partial charge in [0.05, 0.1) is 5.02 Å². The molecule has 3 heterocycles. The second-order valence-corrected chi connectivity index (χ2v) is 7.76. The van der Waals surface area contributed by atoms with Crippen LogP contribution in [0.1, 0.15) is 24.5 Å². The van der Waals surface area contributed by atoms with Gasteiger partial charge in [0.15, 0.2) is 5.01 Å². The van der Waals surface area contributed by atoms with Gasteiger partial charge in [-0.15, -0.1) is 10.2 Å². The number of hydrogen-bond donors (Lipinski definition) is 1. The zero-order chi connectivity index (χ0) is 18.1. The first kappa shape index (κ1) is 17.0. The van der Waals surface area contributed by atoms with Gasteiger partial charge in [-0.3, -0.25) is 5.10 Å². The van der Waals surface area contributed by atoms with Crippen molar-refractivity contribution in [3.8, 4) is 17.3 Å². The lowest BCUT2D eigenvalue weighted by Crippen LogP contribution is -1.98. The molecule has 0 bridgehead atoms. The van der Waals surface area contributed by atoms with Gasteiger partial charge >= 0.3 is 0 Å². The Labute approximate surface area is 159 Å². The minimum atomic E-state index is 0.316. The molecule has 0 unspecified atom stereocenters. The number of ether oxygens (including phenoxy) is 1. The second kappa shape index (κ2) is 7.05. The number of aromatic amines is 1. The summed E-state index contributed by atoms with van der Waals surface area (Å²) in [5, 5.41) is 21.7. The Kier molecular flexibility index (Phi) is 4.60. The van der Waals surface area contributed by atoms with E-state index in [0.717, 1.165) is 22.8 Å². The average Bonchev–Trinajstić information content (AvgIpc) is 3.29. The Morgan fingerprint density at radius 1 is 1.27 bits per heavy atom. The molecule has 0 amide bonds. The van der Waals surface area contributed by atoms with E-state index in [-0.39, 0.29) is 0 Å². The molecule has 0 aliphatic rings. The van der Waals surface area contributed by atoms with Crippen molar-refractivity contribution in [2.45, 2.75) is 26.9 Å². The number of hydrogen-bond acceptors (Lipinski definition) is 6. The Bertz CT molecular complexity index is 1040. The van der Waals surface area contributed by atoms with E-state index in [4.69, 9.17) is 16.3 Å². The van der Waals surface area contributed by atoms with E-state index >= 15 is 0 Å². The maximum Gasteiger partial charge on any atom is 0.235 e. The van der Waals surface area contributed by atoms with Crippen LogP contribution >= 0.6 is 22.9 Å². The van der Waals surface area contributed by atoms with Crippen LogP contribution in [-0.4, -0.2) is 30.0 Å². The molecular formula is C17H17ClN6OS. The molecule has 0 saturated carbocycles. The fraction of sp³-hybridized carbons (Fsp3) is 0.294. The van der Waals surface area contributed by atoms with Gasteiger partial charge in [-0.25, -0.2) is 0 Å². The number of H-pyrrole nitrogens is 1. The standard InChI is InChI=1S/C17H17ClN6OS/c1-10(2)7-11-8-13(20-19-11)16-21-22-17-24(16)23-15(26-17)9-25-14-6-4-3-5-12(14)18/h3-6,8,10H,7,9H2,1-2H3,(H,19,20). The Hall–Kier alpha value is -2.45. The highest BCUT2D eigenvalue weighted by Crippen LogP contribution is 2.26. The monoisotopic (exact) mass is 388 g/mol. The number of aromatic nitrogens is 6. The molecule has 0 saturated heterocycles. The molecule has 0 radical (unpaired) electrons. The number of fused-ring (bicyclic) bond motifs is 1. The third-order valence-electron chi connectivity index (χ3n) is 3.71. The van der Waals surface area contributed by atoms with Crippen molar-refractivity contribution in [1.29, 1.82) is 0 Å². The van der Waals surface area contributed by atoms with E-state index in [0.29, 0.717) is 34.1 Å². The van der Waals surface area contributed by atoms with E-state index in [2.05, 4.69) is 39.3 Å². The first-order valence-corrected chi connectivity index (χ1v) is 9.42. The SMILES string of the molecule is CC(C)Cc1cc(-c2nnc3sc(COc4ccccc4Cl)nn23)n[nH]1. The van der Waals surface area contributed by atoms with Crippen molar-refractivity contribution < 1.29 is 4.74 Å². The van der Waals surface area contributed by atoms with Gasteiger partial charge in [0.1, 0.15) is 18.1 Å². The predicted molar refractivity (Wildman–Crippen MR) is 101 cm³/mol. The van der Waals surface area contributed by atoms with E-state index in [9.17, 15) is 0 Å². The van der Waals surface area contributed by atoms with Crippen molar-refractivity contribution in [3.05, 3.63) is 46.1 Å². The number of halogens is 1. The van der Waals surface area contributed by atoms with Crippen molar-refractivity contribution >= 4 is 27.9 Å². The van der Waals surface area contributed by atoms with Crippen molar-refractivity contribution in [1.82, 2.24) is 30.0 Å². The van der Waals surface area contributed by atoms with Crippen LogP contribution in [0.3, 0.4) is 0 Å². The molecule has 9 heteroatoms. The number of rotatable bonds is 6. The van der Waals surface area contributed by atoms with Crippen LogP contribution < -0.4 is 4.74 Å². The molecule has 7 nitrogen and oxygen atoms in total. The van der Waals surface area contributed by atoms with E-state index < -0.39 is 0 Å². The minimum absolute atomic E-state index is 0.316. The molecule has 3 aromatic heterocycles. The molecule has 4 aromatic rings. The average molecular weight is 389 g/mol. The van der Waals surface area contributed by atoms with Gasteiger partial charge in [0, 0.05) is 5.69 Å². The molecule has 0 spiro atoms. The molecule has 0 aliphatic carbocycles. The number of para-hydroxylation sites is 1. The lowest BCUT2D eigenvalue weighted by atomic mass is 10.1. The Balaban J connectivity index is 1.55. The summed E-state index contributed by atoms with van der Waals surface area (Å²) in [7, 11) is 0. The van der Waals surface area contributed by atoms with Gasteiger partial charge < -0.3 is 4.74 Å². The van der Waals surface area contributed by atoms with Crippen LogP contribution in [0.2, 0.25) is 5.02 Å². The van der Waals surface area contributed by atoms with Crippen LogP contribution in [-0.2, 0) is 13.0 Å². The quantitative estimate of drug-likeness (QED) is 0.539. The first-order chi connectivity index (χ1) is 12.6. The van der Waals surface area contributed by atoms with Crippen LogP contribution in [0.4, 0.5) is 0 Å². The fourth-order valence-electron chi connectivity index (χ4n) is 2.60. The zero-order valence-electron chi connectivity index (χ0n) is 14.3. The normalized spacial score (nSPS) is 11.5. The number of nitrogens with zero attached hydrogens (tertiary/aromatic N) is 5. The van der Waals surface area contributed by atoms with Crippen LogP contribution in [0.5, 0.6) is 5.75 Å². The van der Waals surface area contributed by atoms with E-state index in [1.54, 1.807) is 10.6 Å². The third kappa shape index (κ3) is 3.42. The number of nitrogens with one attached hydrogen (secondary N) is 1. The predicted octanol–water partition coefficient (Wildman–Crippen LogP) is 4.01. The summed E-state index contributed by atoms with van der Waals surface area (Å²) in [5.41, 5.74) is 1.81. The zero-order valence-corrected chi connectivity index (χ0v) is 15.9. The van der Waals surface area contributed by atoms with Crippen molar-refractivity contribution in [2.24, 2.45) is 5.92 Å². The highest BCUT2D eigenvalue weighted by Gasteiger charge is 2.16. The number of benzene rings is 1. The van der Waals surface area contributed by atoms with E-state index in [1.165, 1.54) is 11.3 Å². The molecule has 0 atom stereocenters. The molecule has 1 N–H and O–H groups in total.